The van der Waals surface area contributed by atoms with E-state index in [1.54, 1.807) is 0 Å². The first kappa shape index (κ1) is 14.3. The summed E-state index contributed by atoms with van der Waals surface area (Å²) in [6, 6.07) is 20.6. The first-order valence-electron chi connectivity index (χ1n) is 7.13. The van der Waals surface area contributed by atoms with Crippen LogP contribution in [0.2, 0.25) is 0 Å². The van der Waals surface area contributed by atoms with Gasteiger partial charge in [-0.2, -0.15) is 0 Å². The van der Waals surface area contributed by atoms with Crippen LogP contribution < -0.4 is 5.73 Å². The lowest BCUT2D eigenvalue weighted by atomic mass is 9.89. The van der Waals surface area contributed by atoms with Gasteiger partial charge in [-0.25, -0.2) is 0 Å². The van der Waals surface area contributed by atoms with Gasteiger partial charge >= 0.3 is 0 Å². The van der Waals surface area contributed by atoms with E-state index in [1.807, 2.05) is 24.3 Å². The number of nitrogens with two attached hydrogens (primary N) is 1. The highest BCUT2D eigenvalue weighted by molar-refractivity contribution is 5.74. The molecule has 2 rings (SSSR count). The average Bonchev–Trinajstić information content (AvgIpc) is 2.48. The van der Waals surface area contributed by atoms with Crippen molar-refractivity contribution in [3.63, 3.8) is 0 Å². The molecule has 0 aliphatic carbocycles. The van der Waals surface area contributed by atoms with Crippen LogP contribution in [0.3, 0.4) is 0 Å². The van der Waals surface area contributed by atoms with E-state index < -0.39 is 0 Å². The first-order chi connectivity index (χ1) is 9.75. The van der Waals surface area contributed by atoms with Crippen molar-refractivity contribution in [2.45, 2.75) is 31.6 Å². The SMILES string of the molecule is NC(=O)CC(CCCc1ccccc1)c1ccccc1. The number of benzene rings is 2. The summed E-state index contributed by atoms with van der Waals surface area (Å²) in [6.07, 6.45) is 3.53. The third-order valence-electron chi connectivity index (χ3n) is 3.58. The number of hydrogen-bond donors (Lipinski definition) is 1. The summed E-state index contributed by atoms with van der Waals surface area (Å²) >= 11 is 0. The molecule has 2 nitrogen and oxygen atoms in total. The summed E-state index contributed by atoms with van der Waals surface area (Å²) in [6.45, 7) is 0. The fourth-order valence-electron chi connectivity index (χ4n) is 2.55. The van der Waals surface area contributed by atoms with Gasteiger partial charge in [0.25, 0.3) is 0 Å². The molecule has 2 heteroatoms. The first-order valence-corrected chi connectivity index (χ1v) is 7.13. The molecule has 2 aromatic rings. The third kappa shape index (κ3) is 4.54. The van der Waals surface area contributed by atoms with Crippen LogP contribution in [0.25, 0.3) is 0 Å². The van der Waals surface area contributed by atoms with Gasteiger partial charge in [0.2, 0.25) is 5.91 Å². The van der Waals surface area contributed by atoms with Crippen LogP contribution in [0.1, 0.15) is 36.3 Å². The van der Waals surface area contributed by atoms with E-state index in [2.05, 4.69) is 36.4 Å². The van der Waals surface area contributed by atoms with Crippen LogP contribution >= 0.6 is 0 Å². The number of hydrogen-bond acceptors (Lipinski definition) is 1. The summed E-state index contributed by atoms with van der Waals surface area (Å²) in [5.41, 5.74) is 7.93. The molecule has 1 amide bonds. The van der Waals surface area contributed by atoms with Gasteiger partial charge in [0.15, 0.2) is 0 Å². The summed E-state index contributed by atoms with van der Waals surface area (Å²) in [7, 11) is 0. The minimum atomic E-state index is -0.224. The number of carbonyl (C=O) groups excluding carboxylic acids is 1. The average molecular weight is 267 g/mol. The molecule has 1 unspecified atom stereocenters. The fraction of sp³-hybridized carbons (Fsp3) is 0.278. The normalized spacial score (nSPS) is 12.0. The summed E-state index contributed by atoms with van der Waals surface area (Å²) < 4.78 is 0. The van der Waals surface area contributed by atoms with Crippen molar-refractivity contribution in [1.82, 2.24) is 0 Å². The van der Waals surface area contributed by atoms with Crippen molar-refractivity contribution in [1.29, 1.82) is 0 Å². The Bertz CT molecular complexity index is 522. The topological polar surface area (TPSA) is 43.1 Å². The molecular formula is C18H21NO. The quantitative estimate of drug-likeness (QED) is 0.817. The van der Waals surface area contributed by atoms with Crippen LogP contribution in [0.4, 0.5) is 0 Å². The van der Waals surface area contributed by atoms with Gasteiger partial charge in [0, 0.05) is 6.42 Å². The zero-order chi connectivity index (χ0) is 14.2. The molecule has 104 valence electrons. The van der Waals surface area contributed by atoms with E-state index in [0.29, 0.717) is 6.42 Å². The molecule has 0 aliphatic rings. The largest absolute Gasteiger partial charge is 0.370 e. The van der Waals surface area contributed by atoms with Crippen molar-refractivity contribution in [3.8, 4) is 0 Å². The van der Waals surface area contributed by atoms with E-state index >= 15 is 0 Å². The molecule has 1 atom stereocenters. The Morgan fingerprint density at radius 2 is 1.55 bits per heavy atom. The number of aryl methyl sites for hydroxylation is 1. The van der Waals surface area contributed by atoms with Crippen molar-refractivity contribution < 1.29 is 4.79 Å². The predicted molar refractivity (Wildman–Crippen MR) is 82.4 cm³/mol. The lowest BCUT2D eigenvalue weighted by Crippen LogP contribution is -2.15. The molecule has 0 spiro atoms. The maximum atomic E-state index is 11.2. The summed E-state index contributed by atoms with van der Waals surface area (Å²) in [5, 5.41) is 0. The van der Waals surface area contributed by atoms with Crippen molar-refractivity contribution >= 4 is 5.91 Å². The van der Waals surface area contributed by atoms with Gasteiger partial charge in [0.05, 0.1) is 0 Å². The smallest absolute Gasteiger partial charge is 0.218 e. The molecule has 0 aliphatic heterocycles. The zero-order valence-electron chi connectivity index (χ0n) is 11.7. The molecule has 0 aromatic heterocycles. The van der Waals surface area contributed by atoms with Gasteiger partial charge in [-0.1, -0.05) is 60.7 Å². The predicted octanol–water partition coefficient (Wildman–Crippen LogP) is 3.67. The van der Waals surface area contributed by atoms with E-state index in [4.69, 9.17) is 5.73 Å². The molecule has 0 saturated carbocycles. The molecule has 0 bridgehead atoms. The van der Waals surface area contributed by atoms with Crippen LogP contribution in [-0.4, -0.2) is 5.91 Å². The van der Waals surface area contributed by atoms with Crippen LogP contribution in [0.5, 0.6) is 0 Å². The lowest BCUT2D eigenvalue weighted by molar-refractivity contribution is -0.118. The van der Waals surface area contributed by atoms with Crippen LogP contribution in [0.15, 0.2) is 60.7 Å². The zero-order valence-corrected chi connectivity index (χ0v) is 11.7. The highest BCUT2D eigenvalue weighted by atomic mass is 16.1. The molecule has 20 heavy (non-hydrogen) atoms. The van der Waals surface area contributed by atoms with E-state index in [1.165, 1.54) is 11.1 Å². The highest BCUT2D eigenvalue weighted by Gasteiger charge is 2.13. The van der Waals surface area contributed by atoms with Gasteiger partial charge < -0.3 is 5.73 Å². The Morgan fingerprint density at radius 3 is 2.15 bits per heavy atom. The Hall–Kier alpha value is -2.09. The van der Waals surface area contributed by atoms with Crippen molar-refractivity contribution in [3.05, 3.63) is 71.8 Å². The number of rotatable bonds is 7. The van der Waals surface area contributed by atoms with Crippen LogP contribution in [-0.2, 0) is 11.2 Å². The second kappa shape index (κ2) is 7.49. The highest BCUT2D eigenvalue weighted by Crippen LogP contribution is 2.25. The van der Waals surface area contributed by atoms with E-state index in [-0.39, 0.29) is 11.8 Å². The Labute approximate surface area is 120 Å². The van der Waals surface area contributed by atoms with E-state index in [0.717, 1.165) is 19.3 Å². The molecule has 0 heterocycles. The monoisotopic (exact) mass is 267 g/mol. The maximum Gasteiger partial charge on any atom is 0.218 e. The molecule has 0 radical (unpaired) electrons. The molecule has 2 N–H and O–H groups in total. The molecule has 0 fully saturated rings. The van der Waals surface area contributed by atoms with Gasteiger partial charge in [0.1, 0.15) is 0 Å². The third-order valence-corrected chi connectivity index (χ3v) is 3.58. The molecule has 2 aromatic carbocycles. The second-order valence-electron chi connectivity index (χ2n) is 5.16. The minimum Gasteiger partial charge on any atom is -0.370 e. The second-order valence-corrected chi connectivity index (χ2v) is 5.16. The molecular weight excluding hydrogens is 246 g/mol. The Balaban J connectivity index is 1.93. The van der Waals surface area contributed by atoms with Gasteiger partial charge in [-0.3, -0.25) is 4.79 Å². The van der Waals surface area contributed by atoms with E-state index in [9.17, 15) is 4.79 Å². The summed E-state index contributed by atoms with van der Waals surface area (Å²) in [5.74, 6) is 0.0102. The molecule has 0 saturated heterocycles. The fourth-order valence-corrected chi connectivity index (χ4v) is 2.55. The van der Waals surface area contributed by atoms with Gasteiger partial charge in [-0.15, -0.1) is 0 Å². The minimum absolute atomic E-state index is 0.224. The number of primary amides is 1. The van der Waals surface area contributed by atoms with Crippen molar-refractivity contribution in [2.75, 3.05) is 0 Å². The maximum absolute atomic E-state index is 11.2. The standard InChI is InChI=1S/C18H21NO/c19-18(20)14-17(16-11-5-2-6-12-16)13-7-10-15-8-3-1-4-9-15/h1-6,8-9,11-12,17H,7,10,13-14H2,(H2,19,20). The number of amides is 1. The lowest BCUT2D eigenvalue weighted by Gasteiger charge is -2.15. The van der Waals surface area contributed by atoms with Crippen LogP contribution in [0, 0.1) is 0 Å². The summed E-state index contributed by atoms with van der Waals surface area (Å²) in [4.78, 5) is 11.2. The number of carbonyl (C=O) groups is 1. The van der Waals surface area contributed by atoms with Crippen molar-refractivity contribution in [2.24, 2.45) is 5.73 Å². The van der Waals surface area contributed by atoms with Gasteiger partial charge in [-0.05, 0) is 36.3 Å². The Morgan fingerprint density at radius 1 is 0.950 bits per heavy atom. The Kier molecular flexibility index (Phi) is 5.36.